The molecule has 0 aliphatic heterocycles. The van der Waals surface area contributed by atoms with Gasteiger partial charge in [-0.1, -0.05) is 12.1 Å². The van der Waals surface area contributed by atoms with Crippen LogP contribution >= 0.6 is 7.82 Å². The number of benzene rings is 2. The van der Waals surface area contributed by atoms with Crippen LogP contribution in [0.5, 0.6) is 5.75 Å². The number of sulfone groups is 1. The summed E-state index contributed by atoms with van der Waals surface area (Å²) in [5.41, 5.74) is 1.61. The molecule has 0 spiro atoms. The number of phosphoric ester groups is 1. The molecule has 0 bridgehead atoms. The van der Waals surface area contributed by atoms with E-state index in [2.05, 4.69) is 15.4 Å². The first-order valence-electron chi connectivity index (χ1n) is 14.7. The van der Waals surface area contributed by atoms with Gasteiger partial charge in [0.25, 0.3) is 0 Å². The van der Waals surface area contributed by atoms with Crippen LogP contribution in [0.2, 0.25) is 0 Å². The molecule has 2 atom stereocenters. The van der Waals surface area contributed by atoms with Crippen LogP contribution in [0.1, 0.15) is 65.1 Å². The van der Waals surface area contributed by atoms with Gasteiger partial charge in [0.05, 0.1) is 28.8 Å². The van der Waals surface area contributed by atoms with Gasteiger partial charge in [0, 0.05) is 40.7 Å². The van der Waals surface area contributed by atoms with Gasteiger partial charge in [-0.25, -0.2) is 22.6 Å². The van der Waals surface area contributed by atoms with Gasteiger partial charge in [0.15, 0.2) is 15.5 Å². The van der Waals surface area contributed by atoms with Crippen LogP contribution in [-0.4, -0.2) is 60.3 Å². The lowest BCUT2D eigenvalue weighted by Crippen LogP contribution is -2.30. The first-order chi connectivity index (χ1) is 21.8. The van der Waals surface area contributed by atoms with Crippen molar-refractivity contribution in [3.8, 4) is 5.75 Å². The Bertz CT molecular complexity index is 1940. The molecule has 0 fully saturated rings. The third-order valence-electron chi connectivity index (χ3n) is 6.75. The van der Waals surface area contributed by atoms with E-state index in [0.29, 0.717) is 29.9 Å². The summed E-state index contributed by atoms with van der Waals surface area (Å²) < 4.78 is 80.9. The van der Waals surface area contributed by atoms with Crippen LogP contribution < -0.4 is 14.1 Å². The predicted octanol–water partition coefficient (Wildman–Crippen LogP) is 5.83. The minimum atomic E-state index is -4.01. The fraction of sp³-hybridized carbons (Fsp3) is 0.433. The van der Waals surface area contributed by atoms with Gasteiger partial charge in [-0.05, 0) is 90.3 Å². The lowest BCUT2D eigenvalue weighted by Gasteiger charge is -2.31. The molecule has 47 heavy (non-hydrogen) atoms. The zero-order valence-electron chi connectivity index (χ0n) is 27.2. The van der Waals surface area contributed by atoms with Crippen molar-refractivity contribution in [3.63, 3.8) is 0 Å². The summed E-state index contributed by atoms with van der Waals surface area (Å²) >= 11 is -2.78. The van der Waals surface area contributed by atoms with Gasteiger partial charge in [-0.2, -0.15) is 10.1 Å². The van der Waals surface area contributed by atoms with Crippen LogP contribution in [0.3, 0.4) is 0 Å². The monoisotopic (exact) mass is 705 g/mol. The summed E-state index contributed by atoms with van der Waals surface area (Å²) in [7, 11) is -7.60. The molecular formula is C30H38N6O8PS2-. The van der Waals surface area contributed by atoms with Crippen molar-refractivity contribution in [2.75, 3.05) is 21.8 Å². The smallest absolute Gasteiger partial charge is 0.531 e. The van der Waals surface area contributed by atoms with Gasteiger partial charge >= 0.3 is 7.82 Å². The summed E-state index contributed by atoms with van der Waals surface area (Å²) in [5.74, 6) is 0.0312. The van der Waals surface area contributed by atoms with Crippen LogP contribution in [0, 0.1) is 0 Å². The summed E-state index contributed by atoms with van der Waals surface area (Å²) in [6, 6.07) is 11.6. The number of nitrogens with zero attached hydrogens (tertiary/aromatic N) is 5. The van der Waals surface area contributed by atoms with Crippen molar-refractivity contribution in [2.24, 2.45) is 0 Å². The van der Waals surface area contributed by atoms with Crippen molar-refractivity contribution < 1.29 is 35.3 Å². The quantitative estimate of drug-likeness (QED) is 0.146. The summed E-state index contributed by atoms with van der Waals surface area (Å²) in [6.45, 7) is 10.7. The van der Waals surface area contributed by atoms with E-state index < -0.39 is 46.0 Å². The van der Waals surface area contributed by atoms with E-state index in [1.807, 2.05) is 16.8 Å². The zero-order chi connectivity index (χ0) is 34.4. The fourth-order valence-corrected chi connectivity index (χ4v) is 8.82. The number of anilines is 3. The maximum absolute atomic E-state index is 13.9. The van der Waals surface area contributed by atoms with Crippen LogP contribution in [0.4, 0.5) is 17.3 Å². The number of nitrogens with one attached hydrogen (secondary N) is 1. The van der Waals surface area contributed by atoms with Crippen molar-refractivity contribution in [2.45, 2.75) is 71.6 Å². The Morgan fingerprint density at radius 3 is 2.32 bits per heavy atom. The molecule has 0 saturated carbocycles. The lowest BCUT2D eigenvalue weighted by molar-refractivity contribution is 0.0223. The molecule has 2 aromatic carbocycles. The zero-order valence-corrected chi connectivity index (χ0v) is 29.7. The molecule has 254 valence electrons. The number of hydrogen-bond donors (Lipinski definition) is 1. The van der Waals surface area contributed by atoms with Gasteiger partial charge in [-0.3, -0.25) is 17.6 Å². The third-order valence-corrected chi connectivity index (χ3v) is 10.3. The number of hydrogen-bond acceptors (Lipinski definition) is 12. The molecule has 17 heteroatoms. The standard InChI is InChI=1S/C30H39N6O8PS2/c1-29(2,3)43-45(37,44-30(4,5)6)42-26-10-8-9-23-24(26)15-16-25(23)36-27-20(18-32-36)17-31-28(34-27)33-21-11-13-22(14-12-21)35(46(38)39)19-47(7,40)41/h8-14,17-18,25H,15-16,19H2,1-7H3,(H,38,39)(H,31,33,34)/p-1. The summed E-state index contributed by atoms with van der Waals surface area (Å²) in [6.07, 6.45) is 5.62. The normalized spacial score (nSPS) is 16.2. The number of aromatic nitrogens is 4. The Hall–Kier alpha value is -3.40. The number of phosphoric acid groups is 1. The molecule has 2 unspecified atom stereocenters. The second-order valence-corrected chi connectivity index (χ2v) is 17.6. The maximum atomic E-state index is 13.9. The van der Waals surface area contributed by atoms with Crippen LogP contribution in [0.15, 0.2) is 54.9 Å². The molecule has 1 aliphatic rings. The molecule has 0 amide bonds. The third kappa shape index (κ3) is 8.75. The van der Waals surface area contributed by atoms with Crippen molar-refractivity contribution in [3.05, 3.63) is 66.0 Å². The van der Waals surface area contributed by atoms with Gasteiger partial charge < -0.3 is 14.4 Å². The molecule has 1 aliphatic carbocycles. The van der Waals surface area contributed by atoms with E-state index >= 15 is 0 Å². The molecule has 0 saturated heterocycles. The highest BCUT2D eigenvalue weighted by Gasteiger charge is 2.40. The molecule has 2 heterocycles. The number of fused-ring (bicyclic) bond motifs is 2. The molecule has 4 aromatic rings. The van der Waals surface area contributed by atoms with E-state index in [9.17, 15) is 21.7 Å². The highest BCUT2D eigenvalue weighted by molar-refractivity contribution is 7.92. The Labute approximate surface area is 276 Å². The first kappa shape index (κ1) is 34.9. The van der Waals surface area contributed by atoms with Gasteiger partial charge in [0.2, 0.25) is 5.95 Å². The Kier molecular flexibility index (Phi) is 9.58. The maximum Gasteiger partial charge on any atom is 0.531 e. The van der Waals surface area contributed by atoms with Gasteiger partial charge in [-0.15, -0.1) is 0 Å². The molecular weight excluding hydrogens is 667 g/mol. The fourth-order valence-electron chi connectivity index (χ4n) is 5.17. The Morgan fingerprint density at radius 2 is 1.72 bits per heavy atom. The van der Waals surface area contributed by atoms with Crippen LogP contribution in [-0.2, 0) is 41.1 Å². The largest absolute Gasteiger partial charge is 0.755 e. The van der Waals surface area contributed by atoms with Gasteiger partial charge in [0.1, 0.15) is 11.6 Å². The second kappa shape index (κ2) is 12.9. The number of rotatable bonds is 11. The van der Waals surface area contributed by atoms with E-state index in [1.165, 1.54) is 12.1 Å². The van der Waals surface area contributed by atoms with Crippen molar-refractivity contribution in [1.82, 2.24) is 19.7 Å². The van der Waals surface area contributed by atoms with E-state index in [0.717, 1.165) is 27.1 Å². The molecule has 1 N–H and O–H groups in total. The molecule has 14 nitrogen and oxygen atoms in total. The summed E-state index contributed by atoms with van der Waals surface area (Å²) in [5, 5.41) is 8.46. The van der Waals surface area contributed by atoms with E-state index in [1.54, 1.807) is 72.1 Å². The van der Waals surface area contributed by atoms with Crippen molar-refractivity contribution in [1.29, 1.82) is 0 Å². The molecule has 2 aromatic heterocycles. The molecule has 5 rings (SSSR count). The minimum absolute atomic E-state index is 0.187. The van der Waals surface area contributed by atoms with E-state index in [-0.39, 0.29) is 17.7 Å². The Balaban J connectivity index is 1.40. The average molecular weight is 706 g/mol. The first-order valence-corrected chi connectivity index (χ1v) is 19.3. The van der Waals surface area contributed by atoms with E-state index in [4.69, 9.17) is 18.6 Å². The van der Waals surface area contributed by atoms with Crippen LogP contribution in [0.25, 0.3) is 11.0 Å². The SMILES string of the molecule is CC(C)(C)OP(=O)(Oc1cccc2c1CCC2n1ncc2cnc(Nc3ccc(N(CS(C)(=O)=O)S(=O)[O-])cc3)nc21)OC(C)(C)C. The highest BCUT2D eigenvalue weighted by atomic mass is 32.2. The Morgan fingerprint density at radius 1 is 1.06 bits per heavy atom. The summed E-state index contributed by atoms with van der Waals surface area (Å²) in [4.78, 5) is 9.11. The lowest BCUT2D eigenvalue weighted by atomic mass is 10.1. The topological polar surface area (TPSA) is 178 Å². The highest BCUT2D eigenvalue weighted by Crippen LogP contribution is 2.56. The minimum Gasteiger partial charge on any atom is -0.755 e. The average Bonchev–Trinajstić information content (AvgIpc) is 3.54. The second-order valence-electron chi connectivity index (χ2n) is 13.2. The molecule has 0 radical (unpaired) electrons. The predicted molar refractivity (Wildman–Crippen MR) is 179 cm³/mol. The van der Waals surface area contributed by atoms with Crippen molar-refractivity contribution >= 4 is 57.3 Å².